The molecule has 1 aliphatic carbocycles. The lowest BCUT2D eigenvalue weighted by Gasteiger charge is -2.31. The Bertz CT molecular complexity index is 788. The maximum absolute atomic E-state index is 5.65. The molecule has 23 heavy (non-hydrogen) atoms. The fraction of sp³-hybridized carbons (Fsp3) is 0.389. The molecule has 0 N–H and O–H groups in total. The molecule has 0 saturated carbocycles. The zero-order chi connectivity index (χ0) is 15.9. The van der Waals surface area contributed by atoms with E-state index in [2.05, 4.69) is 28.2 Å². The molecule has 0 amide bonds. The van der Waals surface area contributed by atoms with Crippen LogP contribution in [-0.2, 0) is 17.6 Å². The molecule has 1 unspecified atom stereocenters. The van der Waals surface area contributed by atoms with Gasteiger partial charge in [-0.1, -0.05) is 18.2 Å². The number of benzene rings is 1. The van der Waals surface area contributed by atoms with Crippen LogP contribution in [0.25, 0.3) is 11.3 Å². The van der Waals surface area contributed by atoms with E-state index in [1.165, 1.54) is 11.1 Å². The molecule has 0 fully saturated rings. The minimum Gasteiger partial charge on any atom is -0.480 e. The zero-order valence-corrected chi connectivity index (χ0v) is 13.4. The smallest absolute Gasteiger partial charge is 0.232 e. The van der Waals surface area contributed by atoms with Crippen molar-refractivity contribution in [3.05, 3.63) is 41.7 Å². The Morgan fingerprint density at radius 1 is 1.26 bits per heavy atom. The van der Waals surface area contributed by atoms with Crippen molar-refractivity contribution in [1.82, 2.24) is 9.97 Å². The first-order valence-electron chi connectivity index (χ1n) is 7.86. The summed E-state index contributed by atoms with van der Waals surface area (Å²) < 4.78 is 10.9. The van der Waals surface area contributed by atoms with Gasteiger partial charge in [-0.25, -0.2) is 9.98 Å². The van der Waals surface area contributed by atoms with E-state index in [1.807, 2.05) is 6.92 Å². The van der Waals surface area contributed by atoms with Gasteiger partial charge in [0.05, 0.1) is 25.2 Å². The third kappa shape index (κ3) is 2.46. The predicted octanol–water partition coefficient (Wildman–Crippen LogP) is 2.83. The zero-order valence-electron chi connectivity index (χ0n) is 13.4. The van der Waals surface area contributed by atoms with Gasteiger partial charge in [0.2, 0.25) is 5.88 Å². The van der Waals surface area contributed by atoms with E-state index in [0.717, 1.165) is 36.4 Å². The van der Waals surface area contributed by atoms with Crippen molar-refractivity contribution in [3.8, 4) is 17.1 Å². The van der Waals surface area contributed by atoms with Crippen LogP contribution in [0.3, 0.4) is 0 Å². The molecule has 1 aromatic carbocycles. The Balaban J connectivity index is 1.79. The van der Waals surface area contributed by atoms with Crippen molar-refractivity contribution in [2.75, 3.05) is 13.7 Å². The number of hydrogen-bond acceptors (Lipinski definition) is 5. The Hall–Kier alpha value is -2.43. The first-order valence-corrected chi connectivity index (χ1v) is 7.86. The molecule has 4 rings (SSSR count). The van der Waals surface area contributed by atoms with E-state index < -0.39 is 0 Å². The number of nitrogens with zero attached hydrogens (tertiary/aromatic N) is 3. The van der Waals surface area contributed by atoms with Gasteiger partial charge in [-0.05, 0) is 24.0 Å². The average molecular weight is 309 g/mol. The van der Waals surface area contributed by atoms with E-state index in [4.69, 9.17) is 14.5 Å². The first kappa shape index (κ1) is 14.2. The van der Waals surface area contributed by atoms with Gasteiger partial charge in [-0.15, -0.1) is 0 Å². The third-order valence-electron chi connectivity index (χ3n) is 4.68. The largest absolute Gasteiger partial charge is 0.480 e. The van der Waals surface area contributed by atoms with Crippen molar-refractivity contribution in [2.45, 2.75) is 31.7 Å². The summed E-state index contributed by atoms with van der Waals surface area (Å²) in [6.45, 7) is 2.61. The predicted molar refractivity (Wildman–Crippen MR) is 87.8 cm³/mol. The molecule has 0 radical (unpaired) electrons. The van der Waals surface area contributed by atoms with Gasteiger partial charge in [0.15, 0.2) is 5.90 Å². The summed E-state index contributed by atoms with van der Waals surface area (Å²) in [6, 6.07) is 6.40. The topological polar surface area (TPSA) is 56.6 Å². The van der Waals surface area contributed by atoms with Crippen LogP contribution in [0.1, 0.15) is 24.5 Å². The van der Waals surface area contributed by atoms with E-state index in [0.29, 0.717) is 12.5 Å². The van der Waals surface area contributed by atoms with E-state index in [1.54, 1.807) is 19.5 Å². The minimum absolute atomic E-state index is 0.112. The molecule has 118 valence electrons. The van der Waals surface area contributed by atoms with Gasteiger partial charge in [0, 0.05) is 18.9 Å². The molecule has 0 bridgehead atoms. The summed E-state index contributed by atoms with van der Waals surface area (Å²) in [7, 11) is 1.61. The standard InChI is InChI=1S/C18H19N3O2/c1-12-21-18(11-23-12)7-6-13-4-3-5-14(15(13)8-18)16-9-19-10-17(20-16)22-2/h3-5,9-10H,6-8,11H2,1-2H3. The fourth-order valence-electron chi connectivity index (χ4n) is 3.53. The number of fused-ring (bicyclic) bond motifs is 1. The number of rotatable bonds is 2. The van der Waals surface area contributed by atoms with Crippen LogP contribution in [0.2, 0.25) is 0 Å². The maximum Gasteiger partial charge on any atom is 0.232 e. The van der Waals surface area contributed by atoms with Gasteiger partial charge in [0.1, 0.15) is 12.1 Å². The molecule has 1 aliphatic heterocycles. The summed E-state index contributed by atoms with van der Waals surface area (Å²) >= 11 is 0. The lowest BCUT2D eigenvalue weighted by molar-refractivity contribution is 0.236. The van der Waals surface area contributed by atoms with Crippen LogP contribution in [0.4, 0.5) is 0 Å². The van der Waals surface area contributed by atoms with Crippen LogP contribution >= 0.6 is 0 Å². The monoisotopic (exact) mass is 309 g/mol. The van der Waals surface area contributed by atoms with E-state index >= 15 is 0 Å². The van der Waals surface area contributed by atoms with Crippen molar-refractivity contribution in [2.24, 2.45) is 4.99 Å². The van der Waals surface area contributed by atoms with Crippen molar-refractivity contribution < 1.29 is 9.47 Å². The summed E-state index contributed by atoms with van der Waals surface area (Å²) in [6.07, 6.45) is 6.35. The Labute approximate surface area is 135 Å². The second-order valence-electron chi connectivity index (χ2n) is 6.21. The maximum atomic E-state index is 5.65. The van der Waals surface area contributed by atoms with Gasteiger partial charge in [-0.3, -0.25) is 4.98 Å². The number of hydrogen-bond donors (Lipinski definition) is 0. The molecular formula is C18H19N3O2. The molecule has 5 nitrogen and oxygen atoms in total. The number of aliphatic imine (C=N–C) groups is 1. The van der Waals surface area contributed by atoms with Crippen molar-refractivity contribution >= 4 is 5.90 Å². The van der Waals surface area contributed by atoms with Crippen LogP contribution in [0.15, 0.2) is 35.6 Å². The lowest BCUT2D eigenvalue weighted by Crippen LogP contribution is -2.35. The van der Waals surface area contributed by atoms with Crippen LogP contribution in [0, 0.1) is 0 Å². The number of aryl methyl sites for hydroxylation is 1. The summed E-state index contributed by atoms with van der Waals surface area (Å²) in [5, 5.41) is 0. The molecular weight excluding hydrogens is 290 g/mol. The number of ether oxygens (including phenoxy) is 2. The molecule has 2 aliphatic rings. The van der Waals surface area contributed by atoms with E-state index in [9.17, 15) is 0 Å². The van der Waals surface area contributed by atoms with Crippen LogP contribution in [-0.4, -0.2) is 35.1 Å². The Morgan fingerprint density at radius 2 is 2.17 bits per heavy atom. The highest BCUT2D eigenvalue weighted by molar-refractivity contribution is 5.76. The van der Waals surface area contributed by atoms with Crippen molar-refractivity contribution in [3.63, 3.8) is 0 Å². The van der Waals surface area contributed by atoms with Crippen molar-refractivity contribution in [1.29, 1.82) is 0 Å². The third-order valence-corrected chi connectivity index (χ3v) is 4.68. The molecule has 2 aromatic rings. The Morgan fingerprint density at radius 3 is 2.96 bits per heavy atom. The molecule has 1 aromatic heterocycles. The molecule has 1 atom stereocenters. The SMILES string of the molecule is COc1cncc(-c2cccc3c2CC2(CC3)COC(C)=N2)n1. The second-order valence-corrected chi connectivity index (χ2v) is 6.21. The number of aromatic nitrogens is 2. The van der Waals surface area contributed by atoms with Gasteiger partial charge >= 0.3 is 0 Å². The molecule has 5 heteroatoms. The highest BCUT2D eigenvalue weighted by atomic mass is 16.5. The molecule has 0 saturated heterocycles. The quantitative estimate of drug-likeness (QED) is 0.856. The van der Waals surface area contributed by atoms with E-state index in [-0.39, 0.29) is 5.54 Å². The highest BCUT2D eigenvalue weighted by Gasteiger charge is 2.39. The second kappa shape index (κ2) is 5.33. The summed E-state index contributed by atoms with van der Waals surface area (Å²) in [5.74, 6) is 1.33. The lowest BCUT2D eigenvalue weighted by atomic mass is 9.77. The van der Waals surface area contributed by atoms with Gasteiger partial charge in [-0.2, -0.15) is 0 Å². The minimum atomic E-state index is -0.112. The van der Waals surface area contributed by atoms with Gasteiger partial charge < -0.3 is 9.47 Å². The highest BCUT2D eigenvalue weighted by Crippen LogP contribution is 2.39. The average Bonchev–Trinajstić information content (AvgIpc) is 2.94. The van der Waals surface area contributed by atoms with Crippen LogP contribution in [0.5, 0.6) is 5.88 Å². The van der Waals surface area contributed by atoms with Crippen LogP contribution < -0.4 is 4.74 Å². The summed E-state index contributed by atoms with van der Waals surface area (Å²) in [5.41, 5.74) is 4.53. The normalized spacial score (nSPS) is 22.4. The first-order chi connectivity index (χ1) is 11.2. The number of methoxy groups -OCH3 is 1. The summed E-state index contributed by atoms with van der Waals surface area (Å²) in [4.78, 5) is 13.6. The molecule has 1 spiro atoms. The Kier molecular flexibility index (Phi) is 3.29. The fourth-order valence-corrected chi connectivity index (χ4v) is 3.53. The molecule has 2 heterocycles. The van der Waals surface area contributed by atoms with Gasteiger partial charge in [0.25, 0.3) is 0 Å².